The van der Waals surface area contributed by atoms with E-state index in [0.29, 0.717) is 18.7 Å². The minimum Gasteiger partial charge on any atom is -0.383 e. The monoisotopic (exact) mass is 300 g/mol. The zero-order chi connectivity index (χ0) is 15.6. The molecule has 2 aromatic heterocycles. The van der Waals surface area contributed by atoms with Crippen molar-refractivity contribution in [2.75, 3.05) is 32.1 Å². The fourth-order valence-corrected chi connectivity index (χ4v) is 1.87. The molecule has 0 aliphatic heterocycles. The van der Waals surface area contributed by atoms with Crippen molar-refractivity contribution in [2.24, 2.45) is 0 Å². The lowest BCUT2D eigenvalue weighted by atomic mass is 10.2. The van der Waals surface area contributed by atoms with Gasteiger partial charge >= 0.3 is 0 Å². The smallest absolute Gasteiger partial charge is 0.252 e. The molecule has 0 saturated heterocycles. The van der Waals surface area contributed by atoms with Gasteiger partial charge in [-0.3, -0.25) is 9.78 Å². The number of hydrogen-bond donors (Lipinski definition) is 2. The predicted molar refractivity (Wildman–Crippen MR) is 84.9 cm³/mol. The van der Waals surface area contributed by atoms with Crippen LogP contribution >= 0.6 is 0 Å². The minimum atomic E-state index is -0.149. The number of methoxy groups -OCH3 is 1. The van der Waals surface area contributed by atoms with Crippen molar-refractivity contribution in [3.63, 3.8) is 0 Å². The highest BCUT2D eigenvalue weighted by atomic mass is 16.5. The second-order valence-electron chi connectivity index (χ2n) is 4.68. The first-order valence-corrected chi connectivity index (χ1v) is 7.16. The Hall–Kier alpha value is -2.47. The number of nitrogens with one attached hydrogen (secondary N) is 2. The lowest BCUT2D eigenvalue weighted by Gasteiger charge is -2.07. The molecule has 0 fully saturated rings. The van der Waals surface area contributed by atoms with E-state index in [9.17, 15) is 4.79 Å². The van der Waals surface area contributed by atoms with Crippen LogP contribution in [0.25, 0.3) is 0 Å². The Kier molecular flexibility index (Phi) is 6.32. The van der Waals surface area contributed by atoms with Gasteiger partial charge in [-0.1, -0.05) is 6.07 Å². The number of aromatic nitrogens is 2. The molecule has 22 heavy (non-hydrogen) atoms. The van der Waals surface area contributed by atoms with Crippen molar-refractivity contribution in [1.82, 2.24) is 15.3 Å². The van der Waals surface area contributed by atoms with Crippen LogP contribution < -0.4 is 10.6 Å². The fourth-order valence-electron chi connectivity index (χ4n) is 1.87. The van der Waals surface area contributed by atoms with Gasteiger partial charge in [0.1, 0.15) is 5.82 Å². The fraction of sp³-hybridized carbons (Fsp3) is 0.312. The molecule has 0 unspecified atom stereocenters. The number of hydrogen-bond acceptors (Lipinski definition) is 5. The van der Waals surface area contributed by atoms with E-state index >= 15 is 0 Å². The lowest BCUT2D eigenvalue weighted by molar-refractivity contribution is 0.0937. The SMILES string of the molecule is COCCNC(=O)c1ccc(NCCc2ccccn2)nc1. The van der Waals surface area contributed by atoms with Crippen molar-refractivity contribution in [1.29, 1.82) is 0 Å². The molecule has 116 valence electrons. The highest BCUT2D eigenvalue weighted by molar-refractivity contribution is 5.94. The zero-order valence-electron chi connectivity index (χ0n) is 12.6. The summed E-state index contributed by atoms with van der Waals surface area (Å²) in [6.45, 7) is 1.72. The van der Waals surface area contributed by atoms with Gasteiger partial charge in [0.2, 0.25) is 0 Å². The van der Waals surface area contributed by atoms with Crippen molar-refractivity contribution in [3.8, 4) is 0 Å². The van der Waals surface area contributed by atoms with Crippen LogP contribution in [-0.2, 0) is 11.2 Å². The quantitative estimate of drug-likeness (QED) is 0.723. The Bertz CT molecular complexity index is 572. The first-order chi connectivity index (χ1) is 10.8. The molecule has 2 N–H and O–H groups in total. The second kappa shape index (κ2) is 8.74. The summed E-state index contributed by atoms with van der Waals surface area (Å²) < 4.78 is 4.88. The van der Waals surface area contributed by atoms with Gasteiger partial charge < -0.3 is 15.4 Å². The molecule has 1 amide bonds. The molecule has 0 radical (unpaired) electrons. The third kappa shape index (κ3) is 5.14. The molecule has 0 saturated carbocycles. The summed E-state index contributed by atoms with van der Waals surface area (Å²) >= 11 is 0. The molecule has 0 bridgehead atoms. The van der Waals surface area contributed by atoms with Gasteiger partial charge in [0.05, 0.1) is 12.2 Å². The number of amides is 1. The maximum absolute atomic E-state index is 11.8. The first-order valence-electron chi connectivity index (χ1n) is 7.16. The second-order valence-corrected chi connectivity index (χ2v) is 4.68. The van der Waals surface area contributed by atoms with Gasteiger partial charge in [-0.25, -0.2) is 4.98 Å². The van der Waals surface area contributed by atoms with Crippen molar-refractivity contribution >= 4 is 11.7 Å². The van der Waals surface area contributed by atoms with Gasteiger partial charge in [0.25, 0.3) is 5.91 Å². The molecule has 0 aliphatic rings. The molecule has 0 aliphatic carbocycles. The number of pyridine rings is 2. The molecule has 0 spiro atoms. The Morgan fingerprint density at radius 2 is 2.09 bits per heavy atom. The molecular formula is C16H20N4O2. The largest absolute Gasteiger partial charge is 0.383 e. The average molecular weight is 300 g/mol. The Morgan fingerprint density at radius 1 is 1.18 bits per heavy atom. The Balaban J connectivity index is 1.78. The van der Waals surface area contributed by atoms with Gasteiger partial charge in [0.15, 0.2) is 0 Å². The van der Waals surface area contributed by atoms with E-state index in [1.165, 1.54) is 0 Å². The Morgan fingerprint density at radius 3 is 2.77 bits per heavy atom. The third-order valence-corrected chi connectivity index (χ3v) is 3.03. The third-order valence-electron chi connectivity index (χ3n) is 3.03. The average Bonchev–Trinajstić information content (AvgIpc) is 2.56. The maximum Gasteiger partial charge on any atom is 0.252 e. The van der Waals surface area contributed by atoms with E-state index in [0.717, 1.165) is 24.5 Å². The molecular weight excluding hydrogens is 280 g/mol. The summed E-state index contributed by atoms with van der Waals surface area (Å²) in [6.07, 6.45) is 4.16. The van der Waals surface area contributed by atoms with E-state index in [2.05, 4.69) is 20.6 Å². The van der Waals surface area contributed by atoms with Crippen LogP contribution in [0, 0.1) is 0 Å². The van der Waals surface area contributed by atoms with E-state index in [1.54, 1.807) is 31.6 Å². The molecule has 6 nitrogen and oxygen atoms in total. The molecule has 6 heteroatoms. The van der Waals surface area contributed by atoms with Gasteiger partial charge in [-0.05, 0) is 24.3 Å². The first kappa shape index (κ1) is 15.9. The van der Waals surface area contributed by atoms with Crippen LogP contribution in [0.3, 0.4) is 0 Å². The summed E-state index contributed by atoms with van der Waals surface area (Å²) in [6, 6.07) is 9.40. The van der Waals surface area contributed by atoms with Crippen molar-refractivity contribution in [3.05, 3.63) is 54.0 Å². The van der Waals surface area contributed by atoms with Crippen LogP contribution in [-0.4, -0.2) is 42.7 Å². The van der Waals surface area contributed by atoms with E-state index in [1.807, 2.05) is 18.2 Å². The highest BCUT2D eigenvalue weighted by Crippen LogP contribution is 2.05. The maximum atomic E-state index is 11.8. The lowest BCUT2D eigenvalue weighted by Crippen LogP contribution is -2.27. The van der Waals surface area contributed by atoms with E-state index < -0.39 is 0 Å². The number of rotatable bonds is 8. The van der Waals surface area contributed by atoms with E-state index in [-0.39, 0.29) is 5.91 Å². The van der Waals surface area contributed by atoms with E-state index in [4.69, 9.17) is 4.74 Å². The van der Waals surface area contributed by atoms with Crippen LogP contribution in [0.15, 0.2) is 42.7 Å². The predicted octanol–water partition coefficient (Wildman–Crippen LogP) is 1.51. The molecule has 2 aromatic rings. The summed E-state index contributed by atoms with van der Waals surface area (Å²) in [7, 11) is 1.60. The number of ether oxygens (including phenoxy) is 1. The van der Waals surface area contributed by atoms with Crippen LogP contribution in [0.4, 0.5) is 5.82 Å². The molecule has 0 atom stereocenters. The van der Waals surface area contributed by atoms with Gasteiger partial charge in [-0.2, -0.15) is 0 Å². The topological polar surface area (TPSA) is 76.1 Å². The number of nitrogens with zero attached hydrogens (tertiary/aromatic N) is 2. The summed E-state index contributed by atoms with van der Waals surface area (Å²) in [5, 5.41) is 5.96. The summed E-state index contributed by atoms with van der Waals surface area (Å²) in [5.41, 5.74) is 1.57. The number of carbonyl (C=O) groups excluding carboxylic acids is 1. The summed E-state index contributed by atoms with van der Waals surface area (Å²) in [5.74, 6) is 0.592. The molecule has 2 rings (SSSR count). The zero-order valence-corrected chi connectivity index (χ0v) is 12.6. The summed E-state index contributed by atoms with van der Waals surface area (Å²) in [4.78, 5) is 20.3. The van der Waals surface area contributed by atoms with Crippen molar-refractivity contribution in [2.45, 2.75) is 6.42 Å². The highest BCUT2D eigenvalue weighted by Gasteiger charge is 2.05. The molecule has 2 heterocycles. The van der Waals surface area contributed by atoms with Crippen LogP contribution in [0.1, 0.15) is 16.1 Å². The molecule has 0 aromatic carbocycles. The van der Waals surface area contributed by atoms with Gasteiger partial charge in [-0.15, -0.1) is 0 Å². The number of carbonyl (C=O) groups is 1. The van der Waals surface area contributed by atoms with Crippen molar-refractivity contribution < 1.29 is 9.53 Å². The number of anilines is 1. The van der Waals surface area contributed by atoms with Crippen LogP contribution in [0.2, 0.25) is 0 Å². The normalized spacial score (nSPS) is 10.2. The van der Waals surface area contributed by atoms with Crippen LogP contribution in [0.5, 0.6) is 0 Å². The van der Waals surface area contributed by atoms with Gasteiger partial charge in [0, 0.05) is 44.7 Å². The Labute approximate surface area is 129 Å². The standard InChI is InChI=1S/C16H20N4O2/c1-22-11-10-19-16(21)13-5-6-15(20-12-13)18-9-7-14-4-2-3-8-17-14/h2-6,8,12H,7,9-11H2,1H3,(H,18,20)(H,19,21). The minimum absolute atomic E-state index is 0.149.